The van der Waals surface area contributed by atoms with Crippen LogP contribution in [0.1, 0.15) is 39.5 Å². The van der Waals surface area contributed by atoms with Crippen LogP contribution in [0.4, 0.5) is 11.8 Å². The van der Waals surface area contributed by atoms with E-state index in [1.807, 2.05) is 12.3 Å². The maximum absolute atomic E-state index is 4.72. The van der Waals surface area contributed by atoms with Crippen LogP contribution in [0, 0.1) is 0 Å². The van der Waals surface area contributed by atoms with Crippen LogP contribution in [0.25, 0.3) is 0 Å². The lowest BCUT2D eigenvalue weighted by molar-refractivity contribution is 0.726. The second-order valence-electron chi connectivity index (χ2n) is 4.79. The Balaban J connectivity index is 2.14. The van der Waals surface area contributed by atoms with Crippen molar-refractivity contribution < 1.29 is 0 Å². The summed E-state index contributed by atoms with van der Waals surface area (Å²) < 4.78 is 0. The summed E-state index contributed by atoms with van der Waals surface area (Å²) in [6, 6.07) is 2.04. The maximum atomic E-state index is 4.72. The average molecular weight is 248 g/mol. The normalized spacial score (nSPS) is 16.4. The van der Waals surface area contributed by atoms with E-state index in [-0.39, 0.29) is 0 Å². The van der Waals surface area contributed by atoms with Gasteiger partial charge in [-0.1, -0.05) is 12.8 Å². The topological polar surface area (TPSA) is 32.3 Å². The van der Waals surface area contributed by atoms with Crippen LogP contribution in [0.2, 0.25) is 0 Å². The fraction of sp³-hybridized carbons (Fsp3) is 0.714. The van der Waals surface area contributed by atoms with Crippen LogP contribution in [-0.4, -0.2) is 36.1 Å². The van der Waals surface area contributed by atoms with Crippen LogP contribution in [0.5, 0.6) is 0 Å². The Bertz CT molecular complexity index is 355. The van der Waals surface area contributed by atoms with Gasteiger partial charge in [0.1, 0.15) is 5.82 Å². The molecule has 4 nitrogen and oxygen atoms in total. The van der Waals surface area contributed by atoms with Gasteiger partial charge in [-0.25, -0.2) is 4.98 Å². The van der Waals surface area contributed by atoms with E-state index < -0.39 is 0 Å². The molecule has 0 radical (unpaired) electrons. The maximum Gasteiger partial charge on any atom is 0.227 e. The third-order valence-electron chi connectivity index (χ3n) is 3.60. The predicted octanol–water partition coefficient (Wildman–Crippen LogP) is 2.70. The monoisotopic (exact) mass is 248 g/mol. The Kier molecular flexibility index (Phi) is 4.79. The largest absolute Gasteiger partial charge is 0.356 e. The van der Waals surface area contributed by atoms with E-state index in [0.29, 0.717) is 0 Å². The quantitative estimate of drug-likeness (QED) is 0.820. The highest BCUT2D eigenvalue weighted by atomic mass is 15.3. The molecule has 0 bridgehead atoms. The molecule has 1 aromatic heterocycles. The Morgan fingerprint density at radius 3 is 2.39 bits per heavy atom. The SMILES string of the molecule is CCN(CC)c1nccc(N2CCCCCC2)n1. The Labute approximate surface area is 110 Å². The van der Waals surface area contributed by atoms with E-state index in [2.05, 4.69) is 28.6 Å². The van der Waals surface area contributed by atoms with Crippen molar-refractivity contribution in [1.82, 2.24) is 9.97 Å². The first-order valence-corrected chi connectivity index (χ1v) is 7.18. The van der Waals surface area contributed by atoms with Gasteiger partial charge in [0.2, 0.25) is 5.95 Å². The molecule has 1 aromatic rings. The van der Waals surface area contributed by atoms with Gasteiger partial charge < -0.3 is 9.80 Å². The molecule has 1 fully saturated rings. The van der Waals surface area contributed by atoms with E-state index in [1.165, 1.54) is 25.7 Å². The Morgan fingerprint density at radius 1 is 1.11 bits per heavy atom. The summed E-state index contributed by atoms with van der Waals surface area (Å²) in [5.41, 5.74) is 0. The molecule has 100 valence electrons. The molecule has 18 heavy (non-hydrogen) atoms. The molecule has 1 aliphatic heterocycles. The minimum absolute atomic E-state index is 0.863. The molecular weight excluding hydrogens is 224 g/mol. The molecule has 2 rings (SSSR count). The van der Waals surface area contributed by atoms with Crippen LogP contribution in [0.3, 0.4) is 0 Å². The molecule has 0 amide bonds. The Hall–Kier alpha value is -1.32. The molecule has 1 saturated heterocycles. The van der Waals surface area contributed by atoms with E-state index in [0.717, 1.165) is 37.9 Å². The van der Waals surface area contributed by atoms with Gasteiger partial charge in [-0.05, 0) is 32.8 Å². The lowest BCUT2D eigenvalue weighted by Crippen LogP contribution is -2.28. The van der Waals surface area contributed by atoms with E-state index >= 15 is 0 Å². The van der Waals surface area contributed by atoms with Gasteiger partial charge in [0.25, 0.3) is 0 Å². The molecule has 0 aromatic carbocycles. The summed E-state index contributed by atoms with van der Waals surface area (Å²) in [7, 11) is 0. The van der Waals surface area contributed by atoms with Gasteiger partial charge in [0.15, 0.2) is 0 Å². The lowest BCUT2D eigenvalue weighted by atomic mass is 10.2. The number of hydrogen-bond donors (Lipinski definition) is 0. The van der Waals surface area contributed by atoms with Crippen molar-refractivity contribution in [2.24, 2.45) is 0 Å². The number of rotatable bonds is 4. The summed E-state index contributed by atoms with van der Waals surface area (Å²) in [5.74, 6) is 1.95. The zero-order valence-electron chi connectivity index (χ0n) is 11.6. The van der Waals surface area contributed by atoms with Gasteiger partial charge in [0, 0.05) is 32.4 Å². The summed E-state index contributed by atoms with van der Waals surface area (Å²) >= 11 is 0. The first kappa shape index (κ1) is 13.1. The van der Waals surface area contributed by atoms with E-state index in [9.17, 15) is 0 Å². The second-order valence-corrected chi connectivity index (χ2v) is 4.79. The van der Waals surface area contributed by atoms with Gasteiger partial charge in [-0.15, -0.1) is 0 Å². The minimum Gasteiger partial charge on any atom is -0.356 e. The van der Waals surface area contributed by atoms with Crippen molar-refractivity contribution >= 4 is 11.8 Å². The fourth-order valence-corrected chi connectivity index (χ4v) is 2.47. The standard InChI is InChI=1S/C14H24N4/c1-3-17(4-2)14-15-10-9-13(16-14)18-11-7-5-6-8-12-18/h9-10H,3-8,11-12H2,1-2H3. The summed E-state index contributed by atoms with van der Waals surface area (Å²) in [6.07, 6.45) is 7.16. The number of anilines is 2. The molecule has 0 aliphatic carbocycles. The molecule has 4 heteroatoms. The van der Waals surface area contributed by atoms with E-state index in [1.54, 1.807) is 0 Å². The number of nitrogens with zero attached hydrogens (tertiary/aromatic N) is 4. The third-order valence-corrected chi connectivity index (χ3v) is 3.60. The summed E-state index contributed by atoms with van der Waals surface area (Å²) in [6.45, 7) is 8.47. The predicted molar refractivity (Wildman–Crippen MR) is 76.3 cm³/mol. The fourth-order valence-electron chi connectivity index (χ4n) is 2.47. The molecule has 0 saturated carbocycles. The highest BCUT2D eigenvalue weighted by Gasteiger charge is 2.13. The van der Waals surface area contributed by atoms with Crippen LogP contribution in [0.15, 0.2) is 12.3 Å². The van der Waals surface area contributed by atoms with Gasteiger partial charge in [-0.3, -0.25) is 0 Å². The molecule has 0 atom stereocenters. The van der Waals surface area contributed by atoms with Gasteiger partial charge in [-0.2, -0.15) is 4.98 Å². The van der Waals surface area contributed by atoms with Crippen molar-refractivity contribution in [2.45, 2.75) is 39.5 Å². The zero-order chi connectivity index (χ0) is 12.8. The smallest absolute Gasteiger partial charge is 0.227 e. The molecule has 2 heterocycles. The minimum atomic E-state index is 0.863. The van der Waals surface area contributed by atoms with Gasteiger partial charge in [0.05, 0.1) is 0 Å². The molecular formula is C14H24N4. The summed E-state index contributed by atoms with van der Waals surface area (Å²) in [5, 5.41) is 0. The van der Waals surface area contributed by atoms with Crippen molar-refractivity contribution in [3.05, 3.63) is 12.3 Å². The molecule has 1 aliphatic rings. The van der Waals surface area contributed by atoms with Gasteiger partial charge >= 0.3 is 0 Å². The average Bonchev–Trinajstić information content (AvgIpc) is 2.69. The number of hydrogen-bond acceptors (Lipinski definition) is 4. The molecule has 0 spiro atoms. The Morgan fingerprint density at radius 2 is 1.78 bits per heavy atom. The van der Waals surface area contributed by atoms with Crippen molar-refractivity contribution in [3.8, 4) is 0 Å². The highest BCUT2D eigenvalue weighted by Crippen LogP contribution is 2.19. The number of aromatic nitrogens is 2. The third kappa shape index (κ3) is 3.12. The first-order valence-electron chi connectivity index (χ1n) is 7.18. The second kappa shape index (κ2) is 6.57. The lowest BCUT2D eigenvalue weighted by Gasteiger charge is -2.24. The van der Waals surface area contributed by atoms with Crippen molar-refractivity contribution in [3.63, 3.8) is 0 Å². The molecule has 0 N–H and O–H groups in total. The van der Waals surface area contributed by atoms with Crippen LogP contribution < -0.4 is 9.80 Å². The van der Waals surface area contributed by atoms with Crippen molar-refractivity contribution in [1.29, 1.82) is 0 Å². The zero-order valence-corrected chi connectivity index (χ0v) is 11.6. The van der Waals surface area contributed by atoms with Crippen molar-refractivity contribution in [2.75, 3.05) is 36.0 Å². The van der Waals surface area contributed by atoms with Crippen LogP contribution >= 0.6 is 0 Å². The van der Waals surface area contributed by atoms with Crippen LogP contribution in [-0.2, 0) is 0 Å². The molecule has 0 unspecified atom stereocenters. The summed E-state index contributed by atoms with van der Waals surface area (Å²) in [4.78, 5) is 13.7. The van der Waals surface area contributed by atoms with E-state index in [4.69, 9.17) is 4.98 Å². The first-order chi connectivity index (χ1) is 8.85. The highest BCUT2D eigenvalue weighted by molar-refractivity contribution is 5.43.